The van der Waals surface area contributed by atoms with E-state index in [-0.39, 0.29) is 5.82 Å². The summed E-state index contributed by atoms with van der Waals surface area (Å²) in [5.41, 5.74) is 0.907. The first-order valence-corrected chi connectivity index (χ1v) is 8.66. The van der Waals surface area contributed by atoms with Gasteiger partial charge in [0.2, 0.25) is 0 Å². The number of hydrogen-bond acceptors (Lipinski definition) is 5. The molecule has 0 bridgehead atoms. The Bertz CT molecular complexity index is 837. The highest BCUT2D eigenvalue weighted by Crippen LogP contribution is 2.22. The van der Waals surface area contributed by atoms with Crippen molar-refractivity contribution in [1.82, 2.24) is 14.8 Å². The molecule has 1 heterocycles. The molecular formula is C18H18FN3O2S. The standard InChI is InChI=1S/C18H18FN3O2S/c1-22-17(11-24-16-8-6-15(23-2)7-9-16)20-21-18(22)25-12-13-4-3-5-14(19)10-13/h3-10H,11-12H2,1-2H3. The lowest BCUT2D eigenvalue weighted by Crippen LogP contribution is -2.04. The van der Waals surface area contributed by atoms with Crippen molar-refractivity contribution in [2.24, 2.45) is 7.05 Å². The van der Waals surface area contributed by atoms with Gasteiger partial charge in [-0.25, -0.2) is 4.39 Å². The van der Waals surface area contributed by atoms with Crippen molar-refractivity contribution < 1.29 is 13.9 Å². The molecule has 0 fully saturated rings. The van der Waals surface area contributed by atoms with Crippen LogP contribution < -0.4 is 9.47 Å². The zero-order valence-corrected chi connectivity index (χ0v) is 14.8. The normalized spacial score (nSPS) is 10.7. The number of benzene rings is 2. The van der Waals surface area contributed by atoms with Gasteiger partial charge in [0.25, 0.3) is 0 Å². The van der Waals surface area contributed by atoms with Gasteiger partial charge in [0.1, 0.15) is 23.9 Å². The minimum atomic E-state index is -0.232. The lowest BCUT2D eigenvalue weighted by molar-refractivity contribution is 0.290. The van der Waals surface area contributed by atoms with Gasteiger partial charge in [-0.15, -0.1) is 10.2 Å². The zero-order chi connectivity index (χ0) is 17.6. The van der Waals surface area contributed by atoms with Gasteiger partial charge in [-0.2, -0.15) is 0 Å². The fourth-order valence-electron chi connectivity index (χ4n) is 2.19. The first-order chi connectivity index (χ1) is 12.2. The van der Waals surface area contributed by atoms with Crippen molar-refractivity contribution in [1.29, 1.82) is 0 Å². The van der Waals surface area contributed by atoms with Crippen LogP contribution in [-0.2, 0) is 19.4 Å². The average molecular weight is 359 g/mol. The lowest BCUT2D eigenvalue weighted by atomic mass is 10.2. The van der Waals surface area contributed by atoms with Crippen molar-refractivity contribution in [3.05, 3.63) is 65.7 Å². The van der Waals surface area contributed by atoms with E-state index in [2.05, 4.69) is 10.2 Å². The summed E-state index contributed by atoms with van der Waals surface area (Å²) in [6.45, 7) is 0.316. The van der Waals surface area contributed by atoms with Crippen LogP contribution in [0.1, 0.15) is 11.4 Å². The van der Waals surface area contributed by atoms with Gasteiger partial charge in [-0.3, -0.25) is 0 Å². The molecule has 0 N–H and O–H groups in total. The van der Waals surface area contributed by atoms with Crippen molar-refractivity contribution in [3.63, 3.8) is 0 Å². The minimum Gasteiger partial charge on any atom is -0.497 e. The number of halogens is 1. The summed E-state index contributed by atoms with van der Waals surface area (Å²) in [7, 11) is 3.51. The monoisotopic (exact) mass is 359 g/mol. The molecule has 1 aromatic heterocycles. The summed E-state index contributed by atoms with van der Waals surface area (Å²) in [6, 6.07) is 13.9. The topological polar surface area (TPSA) is 49.2 Å². The number of methoxy groups -OCH3 is 1. The van der Waals surface area contributed by atoms with E-state index in [1.54, 1.807) is 13.2 Å². The molecule has 0 amide bonds. The van der Waals surface area contributed by atoms with E-state index in [0.717, 1.165) is 28.0 Å². The van der Waals surface area contributed by atoms with Crippen LogP contribution in [0.4, 0.5) is 4.39 Å². The third-order valence-electron chi connectivity index (χ3n) is 3.61. The van der Waals surface area contributed by atoms with Gasteiger partial charge in [0.15, 0.2) is 11.0 Å². The van der Waals surface area contributed by atoms with Gasteiger partial charge in [0.05, 0.1) is 7.11 Å². The number of ether oxygens (including phenoxy) is 2. The quantitative estimate of drug-likeness (QED) is 0.600. The largest absolute Gasteiger partial charge is 0.497 e. The fourth-order valence-corrected chi connectivity index (χ4v) is 3.06. The van der Waals surface area contributed by atoms with Crippen LogP contribution in [0.2, 0.25) is 0 Å². The highest BCUT2D eigenvalue weighted by atomic mass is 32.2. The summed E-state index contributed by atoms with van der Waals surface area (Å²) >= 11 is 1.51. The Kier molecular flexibility index (Phi) is 5.55. The van der Waals surface area contributed by atoms with Gasteiger partial charge in [0, 0.05) is 12.8 Å². The second kappa shape index (κ2) is 8.02. The Balaban J connectivity index is 1.58. The van der Waals surface area contributed by atoms with Gasteiger partial charge >= 0.3 is 0 Å². The number of hydrogen-bond donors (Lipinski definition) is 0. The molecule has 0 spiro atoms. The van der Waals surface area contributed by atoms with Crippen molar-refractivity contribution >= 4 is 11.8 Å². The first kappa shape index (κ1) is 17.3. The predicted octanol–water partition coefficient (Wildman–Crippen LogP) is 3.83. The van der Waals surface area contributed by atoms with Gasteiger partial charge in [-0.1, -0.05) is 23.9 Å². The van der Waals surface area contributed by atoms with Crippen molar-refractivity contribution in [2.45, 2.75) is 17.5 Å². The maximum absolute atomic E-state index is 13.2. The second-order valence-electron chi connectivity index (χ2n) is 5.34. The summed E-state index contributed by atoms with van der Waals surface area (Å²) < 4.78 is 25.9. The Morgan fingerprint density at radius 2 is 1.84 bits per heavy atom. The van der Waals surface area contributed by atoms with E-state index < -0.39 is 0 Å². The van der Waals surface area contributed by atoms with Crippen LogP contribution >= 0.6 is 11.8 Å². The number of nitrogens with zero attached hydrogens (tertiary/aromatic N) is 3. The van der Waals surface area contributed by atoms with Gasteiger partial charge in [-0.05, 0) is 42.0 Å². The van der Waals surface area contributed by atoms with E-state index in [1.807, 2.05) is 41.9 Å². The molecule has 0 aliphatic carbocycles. The van der Waals surface area contributed by atoms with E-state index >= 15 is 0 Å². The maximum Gasteiger partial charge on any atom is 0.191 e. The SMILES string of the molecule is COc1ccc(OCc2nnc(SCc3cccc(F)c3)n2C)cc1. The first-order valence-electron chi connectivity index (χ1n) is 7.68. The van der Waals surface area contributed by atoms with Crippen molar-refractivity contribution in [3.8, 4) is 11.5 Å². The number of rotatable bonds is 7. The molecule has 0 aliphatic heterocycles. The maximum atomic E-state index is 13.2. The Morgan fingerprint density at radius 3 is 2.56 bits per heavy atom. The summed E-state index contributed by atoms with van der Waals surface area (Å²) in [5.74, 6) is 2.63. The average Bonchev–Trinajstić information content (AvgIpc) is 2.98. The third kappa shape index (κ3) is 4.51. The van der Waals surface area contributed by atoms with Crippen LogP contribution in [0.5, 0.6) is 11.5 Å². The molecule has 130 valence electrons. The zero-order valence-electron chi connectivity index (χ0n) is 14.0. The van der Waals surface area contributed by atoms with Crippen LogP contribution in [-0.4, -0.2) is 21.9 Å². The molecule has 0 radical (unpaired) electrons. The highest BCUT2D eigenvalue weighted by molar-refractivity contribution is 7.98. The molecule has 0 saturated carbocycles. The molecule has 0 atom stereocenters. The van der Waals surface area contributed by atoms with E-state index in [1.165, 1.54) is 23.9 Å². The molecule has 0 saturated heterocycles. The van der Waals surface area contributed by atoms with Crippen LogP contribution in [0.3, 0.4) is 0 Å². The van der Waals surface area contributed by atoms with E-state index in [4.69, 9.17) is 9.47 Å². The van der Waals surface area contributed by atoms with Crippen LogP contribution in [0.25, 0.3) is 0 Å². The molecule has 7 heteroatoms. The number of thioether (sulfide) groups is 1. The number of aromatic nitrogens is 3. The molecular weight excluding hydrogens is 341 g/mol. The van der Waals surface area contributed by atoms with Gasteiger partial charge < -0.3 is 14.0 Å². The highest BCUT2D eigenvalue weighted by Gasteiger charge is 2.10. The molecule has 3 rings (SSSR count). The van der Waals surface area contributed by atoms with Crippen LogP contribution in [0.15, 0.2) is 53.7 Å². The van der Waals surface area contributed by atoms with Crippen molar-refractivity contribution in [2.75, 3.05) is 7.11 Å². The third-order valence-corrected chi connectivity index (χ3v) is 4.70. The van der Waals surface area contributed by atoms with E-state index in [0.29, 0.717) is 12.4 Å². The minimum absolute atomic E-state index is 0.232. The predicted molar refractivity (Wildman–Crippen MR) is 94.3 cm³/mol. The molecule has 0 aliphatic rings. The molecule has 3 aromatic rings. The summed E-state index contributed by atoms with van der Waals surface area (Å²) in [5, 5.41) is 9.10. The molecule has 2 aromatic carbocycles. The summed E-state index contributed by atoms with van der Waals surface area (Å²) in [4.78, 5) is 0. The Morgan fingerprint density at radius 1 is 1.08 bits per heavy atom. The Labute approximate surface area is 149 Å². The molecule has 5 nitrogen and oxygen atoms in total. The van der Waals surface area contributed by atoms with Crippen LogP contribution in [0, 0.1) is 5.82 Å². The van der Waals surface area contributed by atoms with E-state index in [9.17, 15) is 4.39 Å². The summed E-state index contributed by atoms with van der Waals surface area (Å²) in [6.07, 6.45) is 0. The molecule has 0 unspecified atom stereocenters. The smallest absolute Gasteiger partial charge is 0.191 e. The second-order valence-corrected chi connectivity index (χ2v) is 6.28. The molecule has 25 heavy (non-hydrogen) atoms. The Hall–Kier alpha value is -2.54. The fraction of sp³-hybridized carbons (Fsp3) is 0.222. The lowest BCUT2D eigenvalue weighted by Gasteiger charge is -2.07.